The number of hydrogen-bond donors (Lipinski definition) is 2. The summed E-state index contributed by atoms with van der Waals surface area (Å²) in [6.45, 7) is -0.00200. The molecule has 0 aromatic heterocycles. The van der Waals surface area contributed by atoms with E-state index in [2.05, 4.69) is 21.8 Å². The molecule has 2 aromatic rings. The Morgan fingerprint density at radius 1 is 1.20 bits per heavy atom. The van der Waals surface area contributed by atoms with Crippen molar-refractivity contribution in [3.63, 3.8) is 0 Å². The Labute approximate surface area is 173 Å². The van der Waals surface area contributed by atoms with Gasteiger partial charge >= 0.3 is 0 Å². The quantitative estimate of drug-likeness (QED) is 0.387. The van der Waals surface area contributed by atoms with E-state index in [1.54, 1.807) is 36.4 Å². The van der Waals surface area contributed by atoms with Crippen LogP contribution in [-0.4, -0.2) is 45.1 Å². The van der Waals surface area contributed by atoms with Gasteiger partial charge in [0.2, 0.25) is 6.79 Å². The van der Waals surface area contributed by atoms with E-state index in [1.165, 1.54) is 13.3 Å². The van der Waals surface area contributed by atoms with Gasteiger partial charge in [0.05, 0.1) is 19.9 Å². The Morgan fingerprint density at radius 2 is 2.03 bits per heavy atom. The number of hydrazone groups is 1. The molecule has 0 aliphatic carbocycles. The zero-order valence-corrected chi connectivity index (χ0v) is 16.1. The fourth-order valence-electron chi connectivity index (χ4n) is 2.52. The lowest BCUT2D eigenvalue weighted by Gasteiger charge is -2.09. The van der Waals surface area contributed by atoms with Crippen molar-refractivity contribution in [2.45, 2.75) is 0 Å². The predicted octanol–water partition coefficient (Wildman–Crippen LogP) is 1.32. The number of nitrogens with zero attached hydrogens (tertiary/aromatic N) is 1. The van der Waals surface area contributed by atoms with Gasteiger partial charge in [-0.2, -0.15) is 5.10 Å². The maximum absolute atomic E-state index is 12.2. The van der Waals surface area contributed by atoms with Crippen molar-refractivity contribution < 1.29 is 28.5 Å². The highest BCUT2D eigenvalue weighted by atomic mass is 16.7. The van der Waals surface area contributed by atoms with Gasteiger partial charge in [-0.15, -0.1) is 6.42 Å². The molecule has 0 atom stereocenters. The SMILES string of the molecule is C#CCOc1ccc(C=NNC(=O)CNC(=O)c2ccc3c(c2)OCO3)cc1OC. The van der Waals surface area contributed by atoms with E-state index in [1.807, 2.05) is 0 Å². The van der Waals surface area contributed by atoms with Gasteiger partial charge in [-0.1, -0.05) is 5.92 Å². The van der Waals surface area contributed by atoms with Crippen LogP contribution in [0.4, 0.5) is 0 Å². The number of terminal acetylenes is 1. The first-order valence-corrected chi connectivity index (χ1v) is 8.84. The minimum absolute atomic E-state index is 0.118. The van der Waals surface area contributed by atoms with Crippen molar-refractivity contribution in [2.24, 2.45) is 5.10 Å². The second-order valence-corrected chi connectivity index (χ2v) is 5.95. The van der Waals surface area contributed by atoms with Crippen LogP contribution in [0.5, 0.6) is 23.0 Å². The average Bonchev–Trinajstić information content (AvgIpc) is 3.24. The van der Waals surface area contributed by atoms with Crippen LogP contribution in [-0.2, 0) is 4.79 Å². The second-order valence-electron chi connectivity index (χ2n) is 5.95. The molecule has 3 rings (SSSR count). The van der Waals surface area contributed by atoms with E-state index in [4.69, 9.17) is 25.4 Å². The van der Waals surface area contributed by atoms with Crippen molar-refractivity contribution in [1.29, 1.82) is 0 Å². The number of methoxy groups -OCH3 is 1. The molecule has 0 spiro atoms. The third-order valence-corrected chi connectivity index (χ3v) is 3.95. The van der Waals surface area contributed by atoms with Crippen molar-refractivity contribution >= 4 is 18.0 Å². The molecule has 0 bridgehead atoms. The first kappa shape index (κ1) is 20.5. The summed E-state index contributed by atoms with van der Waals surface area (Å²) in [6, 6.07) is 9.87. The van der Waals surface area contributed by atoms with E-state index in [9.17, 15) is 9.59 Å². The van der Waals surface area contributed by atoms with Gasteiger partial charge in [-0.25, -0.2) is 5.43 Å². The lowest BCUT2D eigenvalue weighted by molar-refractivity contribution is -0.120. The van der Waals surface area contributed by atoms with Crippen LogP contribution < -0.4 is 29.7 Å². The number of carbonyl (C=O) groups is 2. The number of rotatable bonds is 8. The molecule has 2 aromatic carbocycles. The Balaban J connectivity index is 1.49. The molecule has 9 heteroatoms. The number of fused-ring (bicyclic) bond motifs is 1. The zero-order valence-electron chi connectivity index (χ0n) is 16.1. The highest BCUT2D eigenvalue weighted by Gasteiger charge is 2.16. The maximum atomic E-state index is 12.2. The second kappa shape index (κ2) is 9.84. The fourth-order valence-corrected chi connectivity index (χ4v) is 2.52. The monoisotopic (exact) mass is 409 g/mol. The highest BCUT2D eigenvalue weighted by Crippen LogP contribution is 2.32. The summed E-state index contributed by atoms with van der Waals surface area (Å²) in [5.41, 5.74) is 3.37. The number of ether oxygens (including phenoxy) is 4. The minimum atomic E-state index is -0.485. The van der Waals surface area contributed by atoms with Gasteiger partial charge in [0.25, 0.3) is 11.8 Å². The Morgan fingerprint density at radius 3 is 2.83 bits per heavy atom. The van der Waals surface area contributed by atoms with E-state index >= 15 is 0 Å². The number of hydrogen-bond acceptors (Lipinski definition) is 7. The molecule has 0 fully saturated rings. The minimum Gasteiger partial charge on any atom is -0.493 e. The summed E-state index contributed by atoms with van der Waals surface area (Å²) in [7, 11) is 1.50. The number of amides is 2. The smallest absolute Gasteiger partial charge is 0.259 e. The van der Waals surface area contributed by atoms with Gasteiger partial charge < -0.3 is 24.3 Å². The molecule has 0 radical (unpaired) electrons. The fraction of sp³-hybridized carbons (Fsp3) is 0.190. The third kappa shape index (κ3) is 5.20. The normalized spacial score (nSPS) is 11.6. The number of benzene rings is 2. The summed E-state index contributed by atoms with van der Waals surface area (Å²) in [4.78, 5) is 24.1. The molecule has 0 saturated carbocycles. The van der Waals surface area contributed by atoms with E-state index in [-0.39, 0.29) is 19.9 Å². The maximum Gasteiger partial charge on any atom is 0.259 e. The number of carbonyl (C=O) groups excluding carboxylic acids is 2. The summed E-state index contributed by atoms with van der Waals surface area (Å²) in [5, 5.41) is 6.38. The van der Waals surface area contributed by atoms with Gasteiger partial charge in [0.15, 0.2) is 23.0 Å². The molecule has 1 heterocycles. The lowest BCUT2D eigenvalue weighted by Crippen LogP contribution is -2.34. The third-order valence-electron chi connectivity index (χ3n) is 3.95. The summed E-state index contributed by atoms with van der Waals surface area (Å²) < 4.78 is 21.0. The summed E-state index contributed by atoms with van der Waals surface area (Å²) in [6.07, 6.45) is 6.61. The van der Waals surface area contributed by atoms with Gasteiger partial charge in [-0.05, 0) is 42.0 Å². The molecule has 2 amide bonds. The average molecular weight is 409 g/mol. The van der Waals surface area contributed by atoms with Gasteiger partial charge in [0, 0.05) is 5.56 Å². The van der Waals surface area contributed by atoms with Gasteiger partial charge in [-0.3, -0.25) is 9.59 Å². The van der Waals surface area contributed by atoms with Crippen LogP contribution in [0.1, 0.15) is 15.9 Å². The molecule has 1 aliphatic heterocycles. The molecule has 0 unspecified atom stereocenters. The first-order valence-electron chi connectivity index (χ1n) is 8.84. The summed E-state index contributed by atoms with van der Waals surface area (Å²) >= 11 is 0. The molecule has 30 heavy (non-hydrogen) atoms. The van der Waals surface area contributed by atoms with Gasteiger partial charge in [0.1, 0.15) is 6.61 Å². The molecular weight excluding hydrogens is 390 g/mol. The molecule has 0 saturated heterocycles. The van der Waals surface area contributed by atoms with Crippen molar-refractivity contribution in [3.05, 3.63) is 47.5 Å². The van der Waals surface area contributed by atoms with Crippen LogP contribution in [0.2, 0.25) is 0 Å². The van der Waals surface area contributed by atoms with E-state index in [0.29, 0.717) is 34.1 Å². The Kier molecular flexibility index (Phi) is 6.74. The predicted molar refractivity (Wildman–Crippen MR) is 108 cm³/mol. The van der Waals surface area contributed by atoms with Crippen LogP contribution in [0.3, 0.4) is 0 Å². The lowest BCUT2D eigenvalue weighted by atomic mass is 10.2. The first-order chi connectivity index (χ1) is 14.6. The molecular formula is C21H19N3O6. The molecule has 154 valence electrons. The van der Waals surface area contributed by atoms with Crippen molar-refractivity contribution in [2.75, 3.05) is 27.1 Å². The number of nitrogens with one attached hydrogen (secondary N) is 2. The van der Waals surface area contributed by atoms with Crippen molar-refractivity contribution in [1.82, 2.24) is 10.7 Å². The highest BCUT2D eigenvalue weighted by molar-refractivity contribution is 5.97. The summed E-state index contributed by atoms with van der Waals surface area (Å²) in [5.74, 6) is 3.52. The Bertz CT molecular complexity index is 1010. The molecule has 2 N–H and O–H groups in total. The van der Waals surface area contributed by atoms with E-state index < -0.39 is 11.8 Å². The zero-order chi connectivity index (χ0) is 21.3. The molecule has 1 aliphatic rings. The van der Waals surface area contributed by atoms with Crippen molar-refractivity contribution in [3.8, 4) is 35.3 Å². The standard InChI is InChI=1S/C21H19N3O6/c1-3-8-28-16-6-4-14(9-18(16)27-2)11-23-24-20(25)12-22-21(26)15-5-7-17-19(10-15)30-13-29-17/h1,4-7,9-11H,8,12-13H2,2H3,(H,22,26)(H,24,25). The van der Waals surface area contributed by atoms with Crippen LogP contribution in [0.15, 0.2) is 41.5 Å². The van der Waals surface area contributed by atoms with E-state index in [0.717, 1.165) is 0 Å². The molecule has 9 nitrogen and oxygen atoms in total. The van der Waals surface area contributed by atoms with Crippen LogP contribution in [0, 0.1) is 12.3 Å². The van der Waals surface area contributed by atoms with Crippen LogP contribution >= 0.6 is 0 Å². The Hall–Kier alpha value is -4.19. The van der Waals surface area contributed by atoms with Crippen LogP contribution in [0.25, 0.3) is 0 Å². The topological polar surface area (TPSA) is 107 Å². The largest absolute Gasteiger partial charge is 0.493 e.